The first-order chi connectivity index (χ1) is 9.95. The number of hydrogen-bond donors (Lipinski definition) is 2. The molecule has 0 bridgehead atoms. The van der Waals surface area contributed by atoms with Crippen LogP contribution in [0, 0.1) is 0 Å². The third kappa shape index (κ3) is 7.04. The second-order valence-corrected chi connectivity index (χ2v) is 9.21. The zero-order valence-electron chi connectivity index (χ0n) is 14.5. The van der Waals surface area contributed by atoms with Crippen LogP contribution >= 0.6 is 7.67 Å². The molecule has 1 aliphatic rings. The first-order valence-corrected chi connectivity index (χ1v) is 9.38. The van der Waals surface area contributed by atoms with Gasteiger partial charge >= 0.3 is 7.67 Å². The minimum atomic E-state index is -3.12. The van der Waals surface area contributed by atoms with Crippen LogP contribution in [-0.2, 0) is 13.8 Å². The van der Waals surface area contributed by atoms with Crippen LogP contribution in [0.3, 0.4) is 0 Å². The van der Waals surface area contributed by atoms with Crippen molar-refractivity contribution in [2.24, 2.45) is 5.50 Å². The van der Waals surface area contributed by atoms with Gasteiger partial charge in [-0.3, -0.25) is 9.46 Å². The van der Waals surface area contributed by atoms with E-state index in [9.17, 15) is 9.67 Å². The van der Waals surface area contributed by atoms with Gasteiger partial charge in [-0.15, -0.1) is 0 Å². The minimum Gasteiger partial charge on any atom is -0.390 e. The summed E-state index contributed by atoms with van der Waals surface area (Å²) in [7, 11) is -1.73. The average molecular weight is 337 g/mol. The number of ether oxygens (including phenoxy) is 1. The van der Waals surface area contributed by atoms with Crippen molar-refractivity contribution in [3.8, 4) is 0 Å². The Balaban J connectivity index is 2.37. The van der Waals surface area contributed by atoms with Crippen molar-refractivity contribution in [3.63, 3.8) is 0 Å². The summed E-state index contributed by atoms with van der Waals surface area (Å²) in [6.45, 7) is 11.8. The van der Waals surface area contributed by atoms with Gasteiger partial charge in [-0.05, 0) is 34.1 Å². The Morgan fingerprint density at radius 3 is 2.18 bits per heavy atom. The Morgan fingerprint density at radius 2 is 1.73 bits per heavy atom. The molecular formula is C14H32N3O4P. The summed E-state index contributed by atoms with van der Waals surface area (Å²) in [5, 5.41) is 9.72. The van der Waals surface area contributed by atoms with Crippen molar-refractivity contribution in [2.45, 2.75) is 45.3 Å². The van der Waals surface area contributed by atoms with E-state index < -0.39 is 13.3 Å². The molecule has 1 unspecified atom stereocenters. The van der Waals surface area contributed by atoms with Crippen LogP contribution in [-0.4, -0.2) is 72.3 Å². The van der Waals surface area contributed by atoms with Crippen LogP contribution in [0.2, 0.25) is 0 Å². The van der Waals surface area contributed by atoms with E-state index in [-0.39, 0.29) is 5.60 Å². The highest BCUT2D eigenvalue weighted by molar-refractivity contribution is 7.53. The Kier molecular flexibility index (Phi) is 7.02. The fourth-order valence-corrected chi connectivity index (χ4v) is 3.42. The molecule has 1 saturated heterocycles. The molecule has 22 heavy (non-hydrogen) atoms. The highest BCUT2D eigenvalue weighted by atomic mass is 31.2. The molecule has 1 aliphatic heterocycles. The fourth-order valence-electron chi connectivity index (χ4n) is 2.45. The molecule has 1 rings (SSSR count). The monoisotopic (exact) mass is 337 g/mol. The van der Waals surface area contributed by atoms with E-state index in [1.165, 1.54) is 7.11 Å². The molecule has 1 atom stereocenters. The van der Waals surface area contributed by atoms with Crippen molar-refractivity contribution in [2.75, 3.05) is 46.4 Å². The zero-order chi connectivity index (χ0) is 17.0. The zero-order valence-corrected chi connectivity index (χ0v) is 15.4. The number of rotatable bonds is 8. The van der Waals surface area contributed by atoms with Crippen LogP contribution < -0.4 is 5.50 Å². The van der Waals surface area contributed by atoms with E-state index in [0.29, 0.717) is 26.1 Å². The van der Waals surface area contributed by atoms with Crippen LogP contribution in [0.25, 0.3) is 0 Å². The number of nitrogens with two attached hydrogens (primary N) is 1. The SMILES string of the molecule is COP(N)(=O)N1CCN(CC(C)(C)OCCC(C)(C)O)CC1. The Morgan fingerprint density at radius 1 is 1.18 bits per heavy atom. The van der Waals surface area contributed by atoms with Crippen molar-refractivity contribution < 1.29 is 18.9 Å². The van der Waals surface area contributed by atoms with Crippen LogP contribution in [0.1, 0.15) is 34.1 Å². The summed E-state index contributed by atoms with van der Waals surface area (Å²) in [4.78, 5) is 2.27. The molecule has 0 aromatic carbocycles. The van der Waals surface area contributed by atoms with E-state index in [1.807, 2.05) is 13.8 Å². The lowest BCUT2D eigenvalue weighted by Gasteiger charge is -2.39. The predicted molar refractivity (Wildman–Crippen MR) is 87.8 cm³/mol. The molecule has 0 spiro atoms. The molecule has 0 amide bonds. The third-order valence-corrected chi connectivity index (χ3v) is 5.53. The van der Waals surface area contributed by atoms with Crippen LogP contribution in [0.15, 0.2) is 0 Å². The van der Waals surface area contributed by atoms with Gasteiger partial charge in [0.2, 0.25) is 0 Å². The van der Waals surface area contributed by atoms with Crippen molar-refractivity contribution in [1.29, 1.82) is 0 Å². The molecule has 7 nitrogen and oxygen atoms in total. The summed E-state index contributed by atoms with van der Waals surface area (Å²) < 4.78 is 24.5. The molecule has 1 fully saturated rings. The van der Waals surface area contributed by atoms with Gasteiger partial charge < -0.3 is 14.4 Å². The lowest BCUT2D eigenvalue weighted by molar-refractivity contribution is -0.0642. The highest BCUT2D eigenvalue weighted by Crippen LogP contribution is 2.41. The lowest BCUT2D eigenvalue weighted by atomic mass is 10.1. The van der Waals surface area contributed by atoms with Gasteiger partial charge in [0, 0.05) is 39.8 Å². The minimum absolute atomic E-state index is 0.291. The maximum absolute atomic E-state index is 12.0. The maximum Gasteiger partial charge on any atom is 0.340 e. The molecular weight excluding hydrogens is 305 g/mol. The Labute approximate surface area is 134 Å². The van der Waals surface area contributed by atoms with Crippen molar-refractivity contribution >= 4 is 7.67 Å². The van der Waals surface area contributed by atoms with Gasteiger partial charge in [0.25, 0.3) is 0 Å². The number of piperazine rings is 1. The molecule has 0 aliphatic carbocycles. The van der Waals surface area contributed by atoms with Crippen LogP contribution in [0.5, 0.6) is 0 Å². The Hall–Kier alpha value is -0.0100. The van der Waals surface area contributed by atoms with Crippen molar-refractivity contribution in [1.82, 2.24) is 9.57 Å². The molecule has 132 valence electrons. The number of nitrogens with zero attached hydrogens (tertiary/aromatic N) is 2. The number of aliphatic hydroxyl groups is 1. The van der Waals surface area contributed by atoms with Gasteiger partial charge in [0.15, 0.2) is 0 Å². The summed E-state index contributed by atoms with van der Waals surface area (Å²) in [5.74, 6) is 0. The van der Waals surface area contributed by atoms with E-state index in [2.05, 4.69) is 4.90 Å². The number of hydrogen-bond acceptors (Lipinski definition) is 5. The second-order valence-electron chi connectivity index (χ2n) is 7.15. The molecule has 8 heteroatoms. The molecule has 1 heterocycles. The smallest absolute Gasteiger partial charge is 0.340 e. The van der Waals surface area contributed by atoms with E-state index in [0.717, 1.165) is 19.6 Å². The van der Waals surface area contributed by atoms with Crippen molar-refractivity contribution in [3.05, 3.63) is 0 Å². The van der Waals surface area contributed by atoms with Gasteiger partial charge in [-0.25, -0.2) is 10.2 Å². The second kappa shape index (κ2) is 7.71. The topological polar surface area (TPSA) is 88.3 Å². The van der Waals surface area contributed by atoms with Gasteiger partial charge in [-0.2, -0.15) is 0 Å². The predicted octanol–water partition coefficient (Wildman–Crippen LogP) is 1.27. The Bertz CT molecular complexity index is 390. The summed E-state index contributed by atoms with van der Waals surface area (Å²) in [5.41, 5.74) is 4.67. The molecule has 0 saturated carbocycles. The quantitative estimate of drug-likeness (QED) is 0.645. The molecule has 0 aromatic rings. The lowest BCUT2D eigenvalue weighted by Crippen LogP contribution is -2.50. The fraction of sp³-hybridized carbons (Fsp3) is 1.00. The summed E-state index contributed by atoms with van der Waals surface area (Å²) in [6.07, 6.45) is 0.606. The normalized spacial score (nSPS) is 21.8. The standard InChI is InChI=1S/C14H32N3O4P/c1-13(2,18)6-11-21-14(3,4)12-16-7-9-17(10-8-16)22(15,19)20-5/h18H,6-12H2,1-5H3,(H2,15,19). The van der Waals surface area contributed by atoms with Gasteiger partial charge in [0.05, 0.1) is 17.8 Å². The first kappa shape index (κ1) is 20.0. The molecule has 3 N–H and O–H groups in total. The molecule has 0 radical (unpaired) electrons. The van der Waals surface area contributed by atoms with Gasteiger partial charge in [-0.1, -0.05) is 0 Å². The molecule has 0 aromatic heterocycles. The van der Waals surface area contributed by atoms with Gasteiger partial charge in [0.1, 0.15) is 0 Å². The highest BCUT2D eigenvalue weighted by Gasteiger charge is 2.32. The van der Waals surface area contributed by atoms with E-state index in [4.69, 9.17) is 14.8 Å². The summed E-state index contributed by atoms with van der Waals surface area (Å²) >= 11 is 0. The largest absolute Gasteiger partial charge is 0.390 e. The first-order valence-electron chi connectivity index (χ1n) is 7.74. The van der Waals surface area contributed by atoms with Crippen LogP contribution in [0.4, 0.5) is 0 Å². The van der Waals surface area contributed by atoms with E-state index in [1.54, 1.807) is 18.5 Å². The summed E-state index contributed by atoms with van der Waals surface area (Å²) in [6, 6.07) is 0. The van der Waals surface area contributed by atoms with E-state index >= 15 is 0 Å². The average Bonchev–Trinajstić information content (AvgIpc) is 2.37. The third-order valence-electron chi connectivity index (χ3n) is 3.82. The maximum atomic E-state index is 12.0.